The average Bonchev–Trinajstić information content (AvgIpc) is 2.47. The first kappa shape index (κ1) is 17.1. The van der Waals surface area contributed by atoms with Gasteiger partial charge < -0.3 is 0 Å². The number of hydrogen-bond donors (Lipinski definition) is 0. The molecule has 118 valence electrons. The minimum Gasteiger partial charge on any atom is -0.295 e. The summed E-state index contributed by atoms with van der Waals surface area (Å²) in [5.41, 5.74) is 5.14. The second kappa shape index (κ2) is 7.80. The van der Waals surface area contributed by atoms with Crippen molar-refractivity contribution in [1.82, 2.24) is 4.90 Å². The van der Waals surface area contributed by atoms with Crippen molar-refractivity contribution >= 4 is 11.6 Å². The van der Waals surface area contributed by atoms with Gasteiger partial charge in [0.15, 0.2) is 0 Å². The molecule has 0 aliphatic heterocycles. The van der Waals surface area contributed by atoms with Crippen molar-refractivity contribution in [2.24, 2.45) is 0 Å². The molecule has 1 nitrogen and oxygen atoms in total. The van der Waals surface area contributed by atoms with E-state index in [9.17, 15) is 0 Å². The lowest BCUT2D eigenvalue weighted by Crippen LogP contribution is -2.33. The smallest absolute Gasteiger partial charge is 0.0715 e. The summed E-state index contributed by atoms with van der Waals surface area (Å²) in [5.74, 6) is 0. The highest BCUT2D eigenvalue weighted by Gasteiger charge is 2.18. The molecule has 0 saturated heterocycles. The van der Waals surface area contributed by atoms with Crippen LogP contribution >= 0.6 is 11.6 Å². The fraction of sp³-hybridized carbons (Fsp3) is 0.400. The molecule has 2 rings (SSSR count). The average molecular weight is 316 g/mol. The first-order chi connectivity index (χ1) is 10.5. The standard InChI is InChI=1S/C20H26ClN/c1-15(2)22(13-18-8-6-5-7-9-18)14-20(21)19-11-10-16(3)12-17(19)4/h5-12,15,20H,13-14H2,1-4H3. The Balaban J connectivity index is 2.10. The van der Waals surface area contributed by atoms with Crippen LogP contribution in [0.25, 0.3) is 0 Å². The Morgan fingerprint density at radius 2 is 1.68 bits per heavy atom. The van der Waals surface area contributed by atoms with E-state index in [2.05, 4.69) is 81.1 Å². The number of rotatable bonds is 6. The van der Waals surface area contributed by atoms with Crippen molar-refractivity contribution in [2.45, 2.75) is 45.7 Å². The van der Waals surface area contributed by atoms with Crippen molar-refractivity contribution < 1.29 is 0 Å². The van der Waals surface area contributed by atoms with Crippen LogP contribution in [0.2, 0.25) is 0 Å². The maximum atomic E-state index is 6.73. The third-order valence-corrected chi connectivity index (χ3v) is 4.49. The number of aryl methyl sites for hydroxylation is 2. The predicted molar refractivity (Wildman–Crippen MR) is 96.5 cm³/mol. The third-order valence-electron chi connectivity index (χ3n) is 4.12. The van der Waals surface area contributed by atoms with Crippen LogP contribution in [-0.2, 0) is 6.54 Å². The van der Waals surface area contributed by atoms with Gasteiger partial charge in [-0.1, -0.05) is 54.1 Å². The summed E-state index contributed by atoms with van der Waals surface area (Å²) in [4.78, 5) is 2.44. The molecule has 0 fully saturated rings. The van der Waals surface area contributed by atoms with E-state index in [1.54, 1.807) is 0 Å². The molecule has 1 atom stereocenters. The molecule has 0 N–H and O–H groups in total. The van der Waals surface area contributed by atoms with Gasteiger partial charge >= 0.3 is 0 Å². The molecule has 0 aromatic heterocycles. The van der Waals surface area contributed by atoms with Gasteiger partial charge in [0.05, 0.1) is 5.38 Å². The molecule has 1 unspecified atom stereocenters. The molecule has 0 saturated carbocycles. The Bertz CT molecular complexity index is 592. The van der Waals surface area contributed by atoms with E-state index in [-0.39, 0.29) is 5.38 Å². The SMILES string of the molecule is Cc1ccc(C(Cl)CN(Cc2ccccc2)C(C)C)c(C)c1. The maximum Gasteiger partial charge on any atom is 0.0715 e. The van der Waals surface area contributed by atoms with E-state index >= 15 is 0 Å². The molecule has 2 heteroatoms. The van der Waals surface area contributed by atoms with Crippen LogP contribution in [0.4, 0.5) is 0 Å². The van der Waals surface area contributed by atoms with Gasteiger partial charge in [-0.15, -0.1) is 11.6 Å². The maximum absolute atomic E-state index is 6.73. The zero-order chi connectivity index (χ0) is 16.1. The zero-order valence-corrected chi connectivity index (χ0v) is 14.8. The van der Waals surface area contributed by atoms with Crippen LogP contribution in [0.1, 0.15) is 41.5 Å². The topological polar surface area (TPSA) is 3.24 Å². The molecule has 0 heterocycles. The summed E-state index contributed by atoms with van der Waals surface area (Å²) in [6.07, 6.45) is 0. The molecule has 0 bridgehead atoms. The van der Waals surface area contributed by atoms with Crippen LogP contribution in [0, 0.1) is 13.8 Å². The van der Waals surface area contributed by atoms with E-state index in [1.165, 1.54) is 22.3 Å². The minimum atomic E-state index is 0.0201. The molecule has 0 radical (unpaired) electrons. The lowest BCUT2D eigenvalue weighted by atomic mass is 10.0. The Morgan fingerprint density at radius 3 is 2.27 bits per heavy atom. The molecular weight excluding hydrogens is 290 g/mol. The van der Waals surface area contributed by atoms with Crippen molar-refractivity contribution in [3.63, 3.8) is 0 Å². The molecule has 0 aliphatic carbocycles. The van der Waals surface area contributed by atoms with Crippen LogP contribution < -0.4 is 0 Å². The van der Waals surface area contributed by atoms with Crippen LogP contribution in [0.3, 0.4) is 0 Å². The highest BCUT2D eigenvalue weighted by Crippen LogP contribution is 2.27. The van der Waals surface area contributed by atoms with Crippen LogP contribution in [0.15, 0.2) is 48.5 Å². The fourth-order valence-corrected chi connectivity index (χ4v) is 3.18. The van der Waals surface area contributed by atoms with Crippen LogP contribution in [0.5, 0.6) is 0 Å². The van der Waals surface area contributed by atoms with Crippen molar-refractivity contribution in [2.75, 3.05) is 6.54 Å². The Morgan fingerprint density at radius 1 is 1.00 bits per heavy atom. The second-order valence-electron chi connectivity index (χ2n) is 6.34. The summed E-state index contributed by atoms with van der Waals surface area (Å²) >= 11 is 6.73. The molecular formula is C20H26ClN. The van der Waals surface area contributed by atoms with Gasteiger partial charge in [-0.2, -0.15) is 0 Å². The molecule has 22 heavy (non-hydrogen) atoms. The first-order valence-electron chi connectivity index (χ1n) is 7.96. The highest BCUT2D eigenvalue weighted by molar-refractivity contribution is 6.21. The van der Waals surface area contributed by atoms with Gasteiger partial charge in [0.1, 0.15) is 0 Å². The largest absolute Gasteiger partial charge is 0.295 e. The third kappa shape index (κ3) is 4.59. The minimum absolute atomic E-state index is 0.0201. The quantitative estimate of drug-likeness (QED) is 0.637. The molecule has 0 spiro atoms. The number of halogens is 1. The summed E-state index contributed by atoms with van der Waals surface area (Å²) in [7, 11) is 0. The van der Waals surface area contributed by atoms with Gasteiger partial charge in [-0.3, -0.25) is 4.90 Å². The second-order valence-corrected chi connectivity index (χ2v) is 6.86. The predicted octanol–water partition coefficient (Wildman–Crippen LogP) is 5.49. The fourth-order valence-electron chi connectivity index (χ4n) is 2.76. The molecule has 0 amide bonds. The summed E-state index contributed by atoms with van der Waals surface area (Å²) in [5, 5.41) is 0.0201. The Hall–Kier alpha value is -1.31. The number of benzene rings is 2. The van der Waals surface area contributed by atoms with E-state index in [1.807, 2.05) is 0 Å². The van der Waals surface area contributed by atoms with Gasteiger partial charge in [-0.05, 0) is 44.4 Å². The van der Waals surface area contributed by atoms with E-state index in [4.69, 9.17) is 11.6 Å². The Kier molecular flexibility index (Phi) is 6.05. The van der Waals surface area contributed by atoms with Gasteiger partial charge in [0, 0.05) is 19.1 Å². The first-order valence-corrected chi connectivity index (χ1v) is 8.40. The normalized spacial score (nSPS) is 12.9. The summed E-state index contributed by atoms with van der Waals surface area (Å²) in [6, 6.07) is 17.6. The van der Waals surface area contributed by atoms with Gasteiger partial charge in [0.25, 0.3) is 0 Å². The number of nitrogens with zero attached hydrogens (tertiary/aromatic N) is 1. The molecule has 0 aliphatic rings. The van der Waals surface area contributed by atoms with Gasteiger partial charge in [-0.25, -0.2) is 0 Å². The van der Waals surface area contributed by atoms with E-state index in [0.29, 0.717) is 6.04 Å². The molecule has 2 aromatic carbocycles. The Labute approximate surface area is 139 Å². The number of hydrogen-bond acceptors (Lipinski definition) is 1. The summed E-state index contributed by atoms with van der Waals surface area (Å²) in [6.45, 7) is 10.5. The van der Waals surface area contributed by atoms with E-state index in [0.717, 1.165) is 13.1 Å². The molecule has 2 aromatic rings. The van der Waals surface area contributed by atoms with Crippen molar-refractivity contribution in [3.05, 3.63) is 70.8 Å². The van der Waals surface area contributed by atoms with E-state index < -0.39 is 0 Å². The van der Waals surface area contributed by atoms with Crippen molar-refractivity contribution in [1.29, 1.82) is 0 Å². The summed E-state index contributed by atoms with van der Waals surface area (Å²) < 4.78 is 0. The lowest BCUT2D eigenvalue weighted by Gasteiger charge is -2.29. The van der Waals surface area contributed by atoms with Gasteiger partial charge in [0.2, 0.25) is 0 Å². The highest BCUT2D eigenvalue weighted by atomic mass is 35.5. The van der Waals surface area contributed by atoms with Crippen LogP contribution in [-0.4, -0.2) is 17.5 Å². The zero-order valence-electron chi connectivity index (χ0n) is 14.0. The monoisotopic (exact) mass is 315 g/mol. The number of alkyl halides is 1. The van der Waals surface area contributed by atoms with Crippen molar-refractivity contribution in [3.8, 4) is 0 Å². The lowest BCUT2D eigenvalue weighted by molar-refractivity contribution is 0.212.